The molecule has 0 spiro atoms. The van der Waals surface area contributed by atoms with E-state index in [2.05, 4.69) is 0 Å². The van der Waals surface area contributed by atoms with Gasteiger partial charge in [0.05, 0.1) is 11.4 Å². The highest BCUT2D eigenvalue weighted by Gasteiger charge is 2.46. The highest BCUT2D eigenvalue weighted by Crippen LogP contribution is 2.43. The van der Waals surface area contributed by atoms with Gasteiger partial charge < -0.3 is 0 Å². The lowest BCUT2D eigenvalue weighted by Gasteiger charge is -2.24. The molecule has 0 atom stereocenters. The van der Waals surface area contributed by atoms with E-state index >= 15 is 0 Å². The molecule has 0 saturated heterocycles. The number of aryl methyl sites for hydroxylation is 2. The standard InChI is InChI=1S/C34H26N2O4/c37-29(21-19-23-11-3-1-4-12-23)35-27-17-9-7-15-25(27)33(39)31(35)32-34(40)26-16-8-10-18-28(26)36(32)30(38)22-20-24-13-5-2-6-14-24/h1-18H,19-22H2. The van der Waals surface area contributed by atoms with Crippen LogP contribution in [-0.4, -0.2) is 23.4 Å². The van der Waals surface area contributed by atoms with Gasteiger partial charge in [-0.3, -0.25) is 29.0 Å². The summed E-state index contributed by atoms with van der Waals surface area (Å²) >= 11 is 0. The summed E-state index contributed by atoms with van der Waals surface area (Å²) in [5, 5.41) is 0. The van der Waals surface area contributed by atoms with E-state index in [-0.39, 0.29) is 36.1 Å². The molecular weight excluding hydrogens is 500 g/mol. The molecule has 4 aromatic rings. The molecule has 2 amide bonds. The number of ketones is 2. The SMILES string of the molecule is O=C1C(=C2C(=O)c3ccccc3N2C(=O)CCc2ccccc2)N(C(=O)CCc2ccccc2)c2ccccc21. The molecule has 0 radical (unpaired) electrons. The number of benzene rings is 4. The van der Waals surface area contributed by atoms with Crippen molar-refractivity contribution < 1.29 is 19.2 Å². The van der Waals surface area contributed by atoms with Gasteiger partial charge in [-0.1, -0.05) is 84.9 Å². The van der Waals surface area contributed by atoms with Crippen LogP contribution in [0.3, 0.4) is 0 Å². The van der Waals surface area contributed by atoms with Crippen LogP contribution in [0.25, 0.3) is 0 Å². The van der Waals surface area contributed by atoms with E-state index in [9.17, 15) is 19.2 Å². The molecular formula is C34H26N2O4. The van der Waals surface area contributed by atoms with Gasteiger partial charge >= 0.3 is 0 Å². The van der Waals surface area contributed by atoms with Gasteiger partial charge in [-0.05, 0) is 48.2 Å². The second kappa shape index (κ2) is 10.6. The zero-order valence-electron chi connectivity index (χ0n) is 21.7. The topological polar surface area (TPSA) is 74.8 Å². The Morgan fingerprint density at radius 2 is 0.825 bits per heavy atom. The number of hydrogen-bond acceptors (Lipinski definition) is 4. The second-order valence-corrected chi connectivity index (χ2v) is 9.82. The number of carbonyl (C=O) groups excluding carboxylic acids is 4. The number of amides is 2. The molecule has 0 unspecified atom stereocenters. The van der Waals surface area contributed by atoms with E-state index < -0.39 is 11.6 Å². The van der Waals surface area contributed by atoms with Crippen molar-refractivity contribution in [1.29, 1.82) is 0 Å². The third-order valence-electron chi connectivity index (χ3n) is 7.32. The highest BCUT2D eigenvalue weighted by molar-refractivity contribution is 6.33. The van der Waals surface area contributed by atoms with Gasteiger partial charge in [-0.25, -0.2) is 0 Å². The zero-order valence-corrected chi connectivity index (χ0v) is 21.7. The van der Waals surface area contributed by atoms with Crippen molar-refractivity contribution in [2.24, 2.45) is 0 Å². The Morgan fingerprint density at radius 3 is 1.23 bits per heavy atom. The van der Waals surface area contributed by atoms with Crippen LogP contribution in [0.1, 0.15) is 44.7 Å². The van der Waals surface area contributed by atoms with E-state index in [0.717, 1.165) is 11.1 Å². The first-order chi connectivity index (χ1) is 19.5. The molecule has 196 valence electrons. The lowest BCUT2D eigenvalue weighted by atomic mass is 10.1. The van der Waals surface area contributed by atoms with E-state index in [1.807, 2.05) is 60.7 Å². The zero-order chi connectivity index (χ0) is 27.6. The fourth-order valence-electron chi connectivity index (χ4n) is 5.38. The molecule has 0 bridgehead atoms. The lowest BCUT2D eigenvalue weighted by molar-refractivity contribution is -0.119. The van der Waals surface area contributed by atoms with Crippen molar-refractivity contribution in [1.82, 2.24) is 0 Å². The molecule has 0 N–H and O–H groups in total. The lowest BCUT2D eigenvalue weighted by Crippen LogP contribution is -2.37. The summed E-state index contributed by atoms with van der Waals surface area (Å²) in [6.45, 7) is 0. The minimum absolute atomic E-state index is 0.0616. The fourth-order valence-corrected chi connectivity index (χ4v) is 5.38. The number of fused-ring (bicyclic) bond motifs is 2. The average molecular weight is 527 g/mol. The number of carbonyl (C=O) groups is 4. The Labute approximate surface area is 232 Å². The van der Waals surface area contributed by atoms with Crippen LogP contribution in [0.2, 0.25) is 0 Å². The summed E-state index contributed by atoms with van der Waals surface area (Å²) in [7, 11) is 0. The molecule has 0 aliphatic carbocycles. The summed E-state index contributed by atoms with van der Waals surface area (Å²) in [6.07, 6.45) is 1.21. The molecule has 0 fully saturated rings. The van der Waals surface area contributed by atoms with E-state index in [1.54, 1.807) is 48.5 Å². The van der Waals surface area contributed by atoms with Crippen molar-refractivity contribution in [2.45, 2.75) is 25.7 Å². The second-order valence-electron chi connectivity index (χ2n) is 9.82. The molecule has 2 aliphatic heterocycles. The number of hydrogen-bond donors (Lipinski definition) is 0. The highest BCUT2D eigenvalue weighted by atomic mass is 16.2. The first-order valence-electron chi connectivity index (χ1n) is 13.3. The van der Waals surface area contributed by atoms with Crippen molar-refractivity contribution in [3.63, 3.8) is 0 Å². The Balaban J connectivity index is 1.43. The summed E-state index contributed by atoms with van der Waals surface area (Å²) in [5.74, 6) is -1.52. The third kappa shape index (κ3) is 4.43. The molecule has 2 aliphatic rings. The van der Waals surface area contributed by atoms with Crippen molar-refractivity contribution in [2.75, 3.05) is 9.80 Å². The largest absolute Gasteiger partial charge is 0.287 e. The monoisotopic (exact) mass is 526 g/mol. The van der Waals surface area contributed by atoms with E-state index in [1.165, 1.54) is 9.80 Å². The first-order valence-corrected chi connectivity index (χ1v) is 13.3. The Morgan fingerprint density at radius 1 is 0.475 bits per heavy atom. The van der Waals surface area contributed by atoms with Crippen LogP contribution in [0, 0.1) is 0 Å². The number of nitrogens with zero attached hydrogens (tertiary/aromatic N) is 2. The van der Waals surface area contributed by atoms with Gasteiger partial charge in [0.1, 0.15) is 11.4 Å². The predicted octanol–water partition coefficient (Wildman–Crippen LogP) is 5.92. The number of allylic oxidation sites excluding steroid dienone is 2. The quantitative estimate of drug-likeness (QED) is 0.292. The summed E-state index contributed by atoms with van der Waals surface area (Å²) in [6, 6.07) is 32.9. The summed E-state index contributed by atoms with van der Waals surface area (Å²) in [4.78, 5) is 58.0. The van der Waals surface area contributed by atoms with E-state index in [4.69, 9.17) is 0 Å². The van der Waals surface area contributed by atoms with Gasteiger partial charge in [0, 0.05) is 24.0 Å². The number of para-hydroxylation sites is 2. The van der Waals surface area contributed by atoms with Crippen molar-refractivity contribution in [3.05, 3.63) is 143 Å². The van der Waals surface area contributed by atoms with Crippen LogP contribution >= 0.6 is 0 Å². The van der Waals surface area contributed by atoms with Crippen molar-refractivity contribution in [3.8, 4) is 0 Å². The smallest absolute Gasteiger partial charge is 0.232 e. The third-order valence-corrected chi connectivity index (χ3v) is 7.32. The predicted molar refractivity (Wildman–Crippen MR) is 153 cm³/mol. The van der Waals surface area contributed by atoms with Gasteiger partial charge in [-0.15, -0.1) is 0 Å². The molecule has 4 aromatic carbocycles. The van der Waals surface area contributed by atoms with Gasteiger partial charge in [0.25, 0.3) is 0 Å². The van der Waals surface area contributed by atoms with Crippen LogP contribution in [0.5, 0.6) is 0 Å². The van der Waals surface area contributed by atoms with Crippen LogP contribution in [0.15, 0.2) is 121 Å². The van der Waals surface area contributed by atoms with E-state index in [0.29, 0.717) is 35.3 Å². The van der Waals surface area contributed by atoms with Crippen LogP contribution in [0.4, 0.5) is 11.4 Å². The van der Waals surface area contributed by atoms with Gasteiger partial charge in [0.2, 0.25) is 23.4 Å². The summed E-state index contributed by atoms with van der Waals surface area (Å²) < 4.78 is 0. The fraction of sp³-hybridized carbons (Fsp3) is 0.118. The van der Waals surface area contributed by atoms with Crippen LogP contribution < -0.4 is 9.80 Å². The minimum atomic E-state index is -0.444. The van der Waals surface area contributed by atoms with Gasteiger partial charge in [0.15, 0.2) is 0 Å². The number of rotatable bonds is 6. The number of anilines is 2. The molecule has 2 heterocycles. The molecule has 6 nitrogen and oxygen atoms in total. The maximum absolute atomic E-state index is 13.9. The van der Waals surface area contributed by atoms with Crippen LogP contribution in [-0.2, 0) is 22.4 Å². The summed E-state index contributed by atoms with van der Waals surface area (Å²) in [5.41, 5.74) is 3.37. The minimum Gasteiger partial charge on any atom is -0.287 e. The Hall–Kier alpha value is -5.10. The molecule has 0 aromatic heterocycles. The number of Topliss-reactive ketones (excluding diaryl/α,β-unsaturated/α-hetero) is 2. The molecule has 0 saturated carbocycles. The molecule has 6 heteroatoms. The maximum atomic E-state index is 13.9. The Kier molecular flexibility index (Phi) is 6.66. The first kappa shape index (κ1) is 25.2. The maximum Gasteiger partial charge on any atom is 0.232 e. The molecule has 40 heavy (non-hydrogen) atoms. The molecule has 6 rings (SSSR count). The Bertz CT molecular complexity index is 1550. The van der Waals surface area contributed by atoms with Gasteiger partial charge in [-0.2, -0.15) is 0 Å². The van der Waals surface area contributed by atoms with Crippen molar-refractivity contribution >= 4 is 34.8 Å². The average Bonchev–Trinajstić information content (AvgIpc) is 3.46. The normalized spacial score (nSPS) is 15.8.